The normalized spacial score (nSPS) is 11.2. The highest BCUT2D eigenvalue weighted by Gasteiger charge is 2.32. The molecular formula is C9H6ClF3O3. The van der Waals surface area contributed by atoms with Gasteiger partial charge in [0.1, 0.15) is 0 Å². The minimum absolute atomic E-state index is 0.0158. The fourth-order valence-corrected chi connectivity index (χ4v) is 1.13. The number of hydrogen-bond donors (Lipinski definition) is 1. The molecule has 0 bridgehead atoms. The van der Waals surface area contributed by atoms with E-state index in [4.69, 9.17) is 11.6 Å². The zero-order valence-corrected chi connectivity index (χ0v) is 8.47. The van der Waals surface area contributed by atoms with E-state index in [0.717, 1.165) is 18.2 Å². The van der Waals surface area contributed by atoms with E-state index in [-0.39, 0.29) is 11.4 Å². The summed E-state index contributed by atoms with van der Waals surface area (Å²) < 4.78 is 39.0. The van der Waals surface area contributed by atoms with E-state index in [1.165, 1.54) is 0 Å². The summed E-state index contributed by atoms with van der Waals surface area (Å²) in [7, 11) is 0. The zero-order chi connectivity index (χ0) is 12.3. The minimum Gasteiger partial charge on any atom is -0.504 e. The van der Waals surface area contributed by atoms with Gasteiger partial charge in [-0.1, -0.05) is 0 Å². The van der Waals surface area contributed by atoms with Gasteiger partial charge in [-0.15, -0.1) is 24.8 Å². The monoisotopic (exact) mass is 254 g/mol. The Morgan fingerprint density at radius 2 is 2.06 bits per heavy atom. The predicted molar refractivity (Wildman–Crippen MR) is 49.8 cm³/mol. The highest BCUT2D eigenvalue weighted by atomic mass is 35.5. The molecule has 0 aromatic heterocycles. The third-order valence-electron chi connectivity index (χ3n) is 1.63. The van der Waals surface area contributed by atoms with Crippen LogP contribution >= 0.6 is 11.6 Å². The van der Waals surface area contributed by atoms with Gasteiger partial charge in [0, 0.05) is 5.56 Å². The standard InChI is InChI=1S/C9H6ClF3O3/c10-4-7(15)5-1-2-8(6(14)3-5)16-9(11,12)13/h1-3,14H,4H2. The van der Waals surface area contributed by atoms with E-state index in [2.05, 4.69) is 4.74 Å². The SMILES string of the molecule is O=C(CCl)c1ccc(OC(F)(F)F)c(O)c1. The number of phenols is 1. The Bertz CT molecular complexity index is 403. The smallest absolute Gasteiger partial charge is 0.504 e. The fraction of sp³-hybridized carbons (Fsp3) is 0.222. The molecule has 3 nitrogen and oxygen atoms in total. The molecule has 0 fully saturated rings. The van der Waals surface area contributed by atoms with Crippen molar-refractivity contribution in [2.24, 2.45) is 0 Å². The number of halogens is 4. The summed E-state index contributed by atoms with van der Waals surface area (Å²) in [5.74, 6) is -2.36. The summed E-state index contributed by atoms with van der Waals surface area (Å²) in [4.78, 5) is 11.1. The van der Waals surface area contributed by atoms with E-state index in [0.29, 0.717) is 0 Å². The number of aromatic hydroxyl groups is 1. The summed E-state index contributed by atoms with van der Waals surface area (Å²) in [5.41, 5.74) is 0.0158. The average molecular weight is 255 g/mol. The largest absolute Gasteiger partial charge is 0.573 e. The second kappa shape index (κ2) is 4.61. The van der Waals surface area contributed by atoms with Crippen LogP contribution in [0.4, 0.5) is 13.2 Å². The van der Waals surface area contributed by atoms with Crippen molar-refractivity contribution in [1.82, 2.24) is 0 Å². The predicted octanol–water partition coefficient (Wildman–Crippen LogP) is 2.71. The van der Waals surface area contributed by atoms with Crippen molar-refractivity contribution in [2.45, 2.75) is 6.36 Å². The van der Waals surface area contributed by atoms with Crippen LogP contribution in [0.2, 0.25) is 0 Å². The maximum Gasteiger partial charge on any atom is 0.573 e. The Hall–Kier alpha value is -1.43. The average Bonchev–Trinajstić information content (AvgIpc) is 2.18. The van der Waals surface area contributed by atoms with Crippen LogP contribution in [0, 0.1) is 0 Å². The molecule has 88 valence electrons. The summed E-state index contributed by atoms with van der Waals surface area (Å²) >= 11 is 5.24. The van der Waals surface area contributed by atoms with Gasteiger partial charge in [-0.05, 0) is 18.2 Å². The fourth-order valence-electron chi connectivity index (χ4n) is 0.979. The highest BCUT2D eigenvalue weighted by Crippen LogP contribution is 2.31. The molecule has 0 spiro atoms. The van der Waals surface area contributed by atoms with Gasteiger partial charge in [0.25, 0.3) is 0 Å². The molecule has 16 heavy (non-hydrogen) atoms. The first-order chi connectivity index (χ1) is 7.33. The molecule has 0 unspecified atom stereocenters. The van der Waals surface area contributed by atoms with Crippen molar-refractivity contribution in [3.8, 4) is 11.5 Å². The molecule has 0 aliphatic heterocycles. The molecule has 0 aliphatic rings. The summed E-state index contributed by atoms with van der Waals surface area (Å²) in [5, 5.41) is 9.18. The second-order valence-corrected chi connectivity index (χ2v) is 3.05. The van der Waals surface area contributed by atoms with Gasteiger partial charge < -0.3 is 9.84 Å². The molecule has 0 saturated carbocycles. The van der Waals surface area contributed by atoms with E-state index >= 15 is 0 Å². The molecule has 1 aromatic rings. The van der Waals surface area contributed by atoms with Crippen LogP contribution < -0.4 is 4.74 Å². The molecular weight excluding hydrogens is 249 g/mol. The van der Waals surface area contributed by atoms with Crippen LogP contribution in [0.5, 0.6) is 11.5 Å². The van der Waals surface area contributed by atoms with Crippen molar-refractivity contribution >= 4 is 17.4 Å². The molecule has 0 saturated heterocycles. The van der Waals surface area contributed by atoms with E-state index in [1.807, 2.05) is 0 Å². The third kappa shape index (κ3) is 3.30. The lowest BCUT2D eigenvalue weighted by molar-refractivity contribution is -0.275. The summed E-state index contributed by atoms with van der Waals surface area (Å²) in [6.07, 6.45) is -4.89. The summed E-state index contributed by atoms with van der Waals surface area (Å²) in [6.45, 7) is 0. The highest BCUT2D eigenvalue weighted by molar-refractivity contribution is 6.30. The lowest BCUT2D eigenvalue weighted by atomic mass is 10.1. The molecule has 0 radical (unpaired) electrons. The van der Waals surface area contributed by atoms with Crippen molar-refractivity contribution in [3.63, 3.8) is 0 Å². The number of carbonyl (C=O) groups is 1. The van der Waals surface area contributed by atoms with E-state index in [1.54, 1.807) is 0 Å². The quantitative estimate of drug-likeness (QED) is 0.666. The van der Waals surface area contributed by atoms with Gasteiger partial charge in [-0.3, -0.25) is 4.79 Å². The Labute approximate surface area is 93.4 Å². The Morgan fingerprint density at radius 1 is 1.44 bits per heavy atom. The molecule has 1 aromatic carbocycles. The summed E-state index contributed by atoms with van der Waals surface area (Å²) in [6, 6.07) is 2.81. The van der Waals surface area contributed by atoms with Gasteiger partial charge in [0.2, 0.25) is 0 Å². The van der Waals surface area contributed by atoms with Crippen LogP contribution in [0.25, 0.3) is 0 Å². The maximum atomic E-state index is 11.8. The van der Waals surface area contributed by atoms with Crippen LogP contribution in [0.3, 0.4) is 0 Å². The Kier molecular flexibility index (Phi) is 3.64. The van der Waals surface area contributed by atoms with Crippen molar-refractivity contribution in [1.29, 1.82) is 0 Å². The molecule has 0 amide bonds. The zero-order valence-electron chi connectivity index (χ0n) is 7.71. The molecule has 0 aliphatic carbocycles. The number of alkyl halides is 4. The van der Waals surface area contributed by atoms with Crippen molar-refractivity contribution in [2.75, 3.05) is 5.88 Å². The first kappa shape index (κ1) is 12.6. The van der Waals surface area contributed by atoms with Gasteiger partial charge in [0.05, 0.1) is 5.88 Å². The number of hydrogen-bond acceptors (Lipinski definition) is 3. The van der Waals surface area contributed by atoms with Crippen LogP contribution in [-0.2, 0) is 0 Å². The molecule has 1 N–H and O–H groups in total. The second-order valence-electron chi connectivity index (χ2n) is 2.79. The topological polar surface area (TPSA) is 46.5 Å². The van der Waals surface area contributed by atoms with Crippen LogP contribution in [0.15, 0.2) is 18.2 Å². The number of phenolic OH excluding ortho intramolecular Hbond substituents is 1. The first-order valence-electron chi connectivity index (χ1n) is 4.01. The van der Waals surface area contributed by atoms with Crippen LogP contribution in [-0.4, -0.2) is 23.1 Å². The van der Waals surface area contributed by atoms with Crippen molar-refractivity contribution < 1.29 is 27.8 Å². The number of ketones is 1. The molecule has 0 heterocycles. The number of rotatable bonds is 3. The number of ether oxygens (including phenoxy) is 1. The van der Waals surface area contributed by atoms with Gasteiger partial charge in [-0.25, -0.2) is 0 Å². The number of Topliss-reactive ketones (excluding diaryl/α,β-unsaturated/α-hetero) is 1. The maximum absolute atomic E-state index is 11.8. The first-order valence-corrected chi connectivity index (χ1v) is 4.55. The lowest BCUT2D eigenvalue weighted by Crippen LogP contribution is -2.17. The lowest BCUT2D eigenvalue weighted by Gasteiger charge is -2.10. The third-order valence-corrected chi connectivity index (χ3v) is 1.87. The minimum atomic E-state index is -4.89. The van der Waals surface area contributed by atoms with Crippen LogP contribution in [0.1, 0.15) is 10.4 Å². The number of carbonyl (C=O) groups excluding carboxylic acids is 1. The van der Waals surface area contributed by atoms with E-state index in [9.17, 15) is 23.1 Å². The van der Waals surface area contributed by atoms with Gasteiger partial charge in [0.15, 0.2) is 17.3 Å². The van der Waals surface area contributed by atoms with E-state index < -0.39 is 23.6 Å². The molecule has 7 heteroatoms. The van der Waals surface area contributed by atoms with Gasteiger partial charge in [-0.2, -0.15) is 0 Å². The number of benzene rings is 1. The van der Waals surface area contributed by atoms with Crippen molar-refractivity contribution in [3.05, 3.63) is 23.8 Å². The molecule has 1 rings (SSSR count). The van der Waals surface area contributed by atoms with Gasteiger partial charge >= 0.3 is 6.36 Å². The molecule has 0 atom stereocenters. The Balaban J connectivity index is 2.96. The Morgan fingerprint density at radius 3 is 2.50 bits per heavy atom.